The lowest BCUT2D eigenvalue weighted by Crippen LogP contribution is -2.28. The topological polar surface area (TPSA) is 54.0 Å². The van der Waals surface area contributed by atoms with Crippen molar-refractivity contribution in [1.29, 1.82) is 0 Å². The van der Waals surface area contributed by atoms with Gasteiger partial charge in [-0.1, -0.05) is 48.5 Å². The van der Waals surface area contributed by atoms with Crippen molar-refractivity contribution < 1.29 is 23.7 Å². The van der Waals surface area contributed by atoms with Crippen LogP contribution in [-0.2, 0) is 20.7 Å². The molecular formula is C29H30O5. The molecule has 1 unspecified atom stereocenters. The Labute approximate surface area is 200 Å². The van der Waals surface area contributed by atoms with Crippen LogP contribution in [-0.4, -0.2) is 39.0 Å². The zero-order chi connectivity index (χ0) is 23.9. The van der Waals surface area contributed by atoms with Crippen molar-refractivity contribution in [2.24, 2.45) is 0 Å². The molecule has 0 bridgehead atoms. The van der Waals surface area contributed by atoms with Crippen LogP contribution >= 0.6 is 0 Å². The molecule has 0 amide bonds. The van der Waals surface area contributed by atoms with Gasteiger partial charge in [-0.2, -0.15) is 0 Å². The summed E-state index contributed by atoms with van der Waals surface area (Å²) in [4.78, 5) is 12.1. The Morgan fingerprint density at radius 1 is 0.882 bits per heavy atom. The number of rotatable bonds is 10. The Morgan fingerprint density at radius 2 is 1.62 bits per heavy atom. The lowest BCUT2D eigenvalue weighted by Gasteiger charge is -2.15. The van der Waals surface area contributed by atoms with Crippen LogP contribution < -0.4 is 9.47 Å². The highest BCUT2D eigenvalue weighted by Crippen LogP contribution is 2.48. The second-order valence-electron chi connectivity index (χ2n) is 7.90. The molecule has 1 atom stereocenters. The highest BCUT2D eigenvalue weighted by atomic mass is 16.6. The largest absolute Gasteiger partial charge is 0.496 e. The zero-order valence-electron chi connectivity index (χ0n) is 19.9. The molecule has 4 rings (SSSR count). The Morgan fingerprint density at radius 3 is 2.32 bits per heavy atom. The van der Waals surface area contributed by atoms with E-state index in [0.717, 1.165) is 33.8 Å². The highest BCUT2D eigenvalue weighted by Gasteiger charge is 2.25. The predicted molar refractivity (Wildman–Crippen MR) is 133 cm³/mol. The highest BCUT2D eigenvalue weighted by molar-refractivity contribution is 6.03. The third-order valence-corrected chi connectivity index (χ3v) is 5.82. The molecule has 0 spiro atoms. The molecule has 0 saturated carbocycles. The fourth-order valence-corrected chi connectivity index (χ4v) is 4.31. The van der Waals surface area contributed by atoms with Gasteiger partial charge >= 0.3 is 5.97 Å². The summed E-state index contributed by atoms with van der Waals surface area (Å²) in [7, 11) is 1.70. The van der Waals surface area contributed by atoms with Gasteiger partial charge in [-0.15, -0.1) is 0 Å². The van der Waals surface area contributed by atoms with Gasteiger partial charge in [0.2, 0.25) is 0 Å². The lowest BCUT2D eigenvalue weighted by atomic mass is 10.0. The molecule has 0 aliphatic heterocycles. The molecule has 1 aliphatic carbocycles. The first kappa shape index (κ1) is 23.6. The van der Waals surface area contributed by atoms with Gasteiger partial charge in [0.25, 0.3) is 0 Å². The maximum Gasteiger partial charge on any atom is 0.335 e. The van der Waals surface area contributed by atoms with Crippen LogP contribution in [0.5, 0.6) is 11.5 Å². The monoisotopic (exact) mass is 458 g/mol. The average Bonchev–Trinajstić information content (AvgIpc) is 3.19. The summed E-state index contributed by atoms with van der Waals surface area (Å²) in [5.74, 6) is 1.31. The Kier molecular flexibility index (Phi) is 7.65. The summed E-state index contributed by atoms with van der Waals surface area (Å²) in [5.41, 5.74) is 6.78. The quantitative estimate of drug-likeness (QED) is 0.286. The van der Waals surface area contributed by atoms with E-state index in [2.05, 4.69) is 30.3 Å². The summed E-state index contributed by atoms with van der Waals surface area (Å²) in [6.07, 6.45) is 1.98. The van der Waals surface area contributed by atoms with E-state index in [-0.39, 0.29) is 5.97 Å². The van der Waals surface area contributed by atoms with Gasteiger partial charge in [-0.3, -0.25) is 0 Å². The van der Waals surface area contributed by atoms with Crippen LogP contribution in [0, 0.1) is 0 Å². The molecule has 0 saturated heterocycles. The first-order valence-electron chi connectivity index (χ1n) is 11.6. The molecule has 34 heavy (non-hydrogen) atoms. The fraction of sp³-hybridized carbons (Fsp3) is 0.276. The van der Waals surface area contributed by atoms with Crippen molar-refractivity contribution in [3.63, 3.8) is 0 Å². The van der Waals surface area contributed by atoms with Crippen LogP contribution in [0.3, 0.4) is 0 Å². The number of carbonyl (C=O) groups is 1. The van der Waals surface area contributed by atoms with E-state index in [9.17, 15) is 4.79 Å². The first-order chi connectivity index (χ1) is 16.7. The van der Waals surface area contributed by atoms with Crippen molar-refractivity contribution in [3.05, 3.63) is 89.5 Å². The third kappa shape index (κ3) is 5.00. The van der Waals surface area contributed by atoms with E-state index < -0.39 is 6.10 Å². The fourth-order valence-electron chi connectivity index (χ4n) is 4.31. The predicted octanol–water partition coefficient (Wildman–Crippen LogP) is 5.70. The molecular weight excluding hydrogens is 428 g/mol. The number of hydrogen-bond donors (Lipinski definition) is 0. The zero-order valence-corrected chi connectivity index (χ0v) is 19.9. The molecule has 3 aromatic carbocycles. The van der Waals surface area contributed by atoms with Crippen molar-refractivity contribution in [3.8, 4) is 22.6 Å². The van der Waals surface area contributed by atoms with E-state index in [1.165, 1.54) is 11.1 Å². The Balaban J connectivity index is 1.46. The molecule has 5 nitrogen and oxygen atoms in total. The molecule has 0 radical (unpaired) electrons. The van der Waals surface area contributed by atoms with Gasteiger partial charge < -0.3 is 18.9 Å². The number of ether oxygens (including phenoxy) is 4. The summed E-state index contributed by atoms with van der Waals surface area (Å²) >= 11 is 0. The molecule has 0 N–H and O–H groups in total. The Bertz CT molecular complexity index is 1160. The molecule has 0 aromatic heterocycles. The van der Waals surface area contributed by atoms with E-state index >= 15 is 0 Å². The maximum absolute atomic E-state index is 12.1. The molecule has 0 heterocycles. The number of methoxy groups -OCH3 is 1. The normalized spacial score (nSPS) is 13.8. The minimum Gasteiger partial charge on any atom is -0.496 e. The van der Waals surface area contributed by atoms with E-state index in [1.54, 1.807) is 14.0 Å². The number of esters is 1. The van der Waals surface area contributed by atoms with Crippen LogP contribution in [0.4, 0.5) is 0 Å². The number of fused-ring (bicyclic) bond motifs is 3. The number of carbonyl (C=O) groups excluding carboxylic acids is 1. The van der Waals surface area contributed by atoms with E-state index in [4.69, 9.17) is 18.9 Å². The second-order valence-corrected chi connectivity index (χ2v) is 7.90. The van der Waals surface area contributed by atoms with Crippen LogP contribution in [0.15, 0.2) is 72.8 Å². The van der Waals surface area contributed by atoms with E-state index in [0.29, 0.717) is 26.2 Å². The van der Waals surface area contributed by atoms with Gasteiger partial charge in [0.1, 0.15) is 18.1 Å². The SMILES string of the molecule is CCOC(=O)C(Cc1ccc(OC/C=C2\c3ccccc3-c3c(OC)cccc32)cc1)OCC. The lowest BCUT2D eigenvalue weighted by molar-refractivity contribution is -0.156. The van der Waals surface area contributed by atoms with Crippen molar-refractivity contribution in [2.45, 2.75) is 26.4 Å². The van der Waals surface area contributed by atoms with Gasteiger partial charge in [-0.05, 0) is 65.9 Å². The first-order valence-corrected chi connectivity index (χ1v) is 11.6. The molecule has 3 aromatic rings. The second kappa shape index (κ2) is 11.0. The maximum atomic E-state index is 12.1. The van der Waals surface area contributed by atoms with Gasteiger partial charge in [-0.25, -0.2) is 4.79 Å². The minimum absolute atomic E-state index is 0.329. The van der Waals surface area contributed by atoms with E-state index in [1.807, 2.05) is 49.4 Å². The standard InChI is InChI=1S/C29H30O5/c1-4-32-27(29(30)33-5-2)19-20-13-15-21(16-14-20)34-18-17-23-22-9-6-7-10-24(22)28-25(23)11-8-12-26(28)31-3/h6-17,27H,4-5,18-19H2,1-3H3/b23-17+. The third-order valence-electron chi connectivity index (χ3n) is 5.82. The number of benzene rings is 3. The molecule has 176 valence electrons. The van der Waals surface area contributed by atoms with Gasteiger partial charge in [0.05, 0.1) is 13.7 Å². The average molecular weight is 459 g/mol. The summed E-state index contributed by atoms with van der Waals surface area (Å²) in [5, 5.41) is 0. The summed E-state index contributed by atoms with van der Waals surface area (Å²) < 4.78 is 22.3. The van der Waals surface area contributed by atoms with Crippen LogP contribution in [0.2, 0.25) is 0 Å². The molecule has 1 aliphatic rings. The van der Waals surface area contributed by atoms with Gasteiger partial charge in [0, 0.05) is 18.6 Å². The molecule has 0 fully saturated rings. The number of hydrogen-bond acceptors (Lipinski definition) is 5. The smallest absolute Gasteiger partial charge is 0.335 e. The van der Waals surface area contributed by atoms with Crippen LogP contribution in [0.25, 0.3) is 16.7 Å². The summed E-state index contributed by atoms with van der Waals surface area (Å²) in [6, 6.07) is 22.2. The van der Waals surface area contributed by atoms with Crippen molar-refractivity contribution >= 4 is 11.5 Å². The van der Waals surface area contributed by atoms with Crippen molar-refractivity contribution in [1.82, 2.24) is 0 Å². The minimum atomic E-state index is -0.596. The molecule has 5 heteroatoms. The summed E-state index contributed by atoms with van der Waals surface area (Å²) in [6.45, 7) is 4.89. The Hall–Kier alpha value is -3.57. The van der Waals surface area contributed by atoms with Gasteiger partial charge in [0.15, 0.2) is 6.10 Å². The van der Waals surface area contributed by atoms with Crippen molar-refractivity contribution in [2.75, 3.05) is 26.9 Å². The van der Waals surface area contributed by atoms with Crippen LogP contribution in [0.1, 0.15) is 30.5 Å².